The highest BCUT2D eigenvalue weighted by Crippen LogP contribution is 2.44. The number of carbonyl (C=O) groups excluding carboxylic acids is 2. The largest absolute Gasteiger partial charge is 0.466 e. The van der Waals surface area contributed by atoms with Crippen LogP contribution in [0.4, 0.5) is 5.00 Å². The number of hydrogen-bond donors (Lipinski definition) is 2. The summed E-state index contributed by atoms with van der Waals surface area (Å²) < 4.78 is 5.51. The molecular weight excluding hydrogens is 384 g/mol. The lowest BCUT2D eigenvalue weighted by molar-refractivity contribution is 0.0950. The zero-order valence-corrected chi connectivity index (χ0v) is 18.7. The lowest BCUT2D eigenvalue weighted by Crippen LogP contribution is -2.29. The summed E-state index contributed by atoms with van der Waals surface area (Å²) in [5.41, 5.74) is 2.56. The monoisotopic (exact) mass is 414 g/mol. The number of furan rings is 1. The first-order valence-electron chi connectivity index (χ1n) is 10.5. The van der Waals surface area contributed by atoms with Gasteiger partial charge in [-0.05, 0) is 68.9 Å². The van der Waals surface area contributed by atoms with Gasteiger partial charge in [-0.2, -0.15) is 0 Å². The van der Waals surface area contributed by atoms with Crippen LogP contribution in [0.15, 0.2) is 10.5 Å². The quantitative estimate of drug-likeness (QED) is 0.717. The highest BCUT2D eigenvalue weighted by atomic mass is 32.1. The van der Waals surface area contributed by atoms with Gasteiger partial charge in [0.05, 0.1) is 11.1 Å². The molecule has 2 N–H and O–H groups in total. The SMILES string of the molecule is Cc1cc(C(=O)Nc2sc3c(c2C(=O)NC2CC2)CC[C@H](C(C)(C)C)C3)c(C)o1. The zero-order valence-electron chi connectivity index (χ0n) is 17.9. The second-order valence-electron chi connectivity index (χ2n) is 9.54. The van der Waals surface area contributed by atoms with Crippen molar-refractivity contribution < 1.29 is 14.0 Å². The molecule has 2 aliphatic rings. The first-order chi connectivity index (χ1) is 13.6. The molecule has 4 rings (SSSR count). The van der Waals surface area contributed by atoms with Crippen LogP contribution >= 0.6 is 11.3 Å². The van der Waals surface area contributed by atoms with E-state index < -0.39 is 0 Å². The number of fused-ring (bicyclic) bond motifs is 1. The molecule has 0 aliphatic heterocycles. The van der Waals surface area contributed by atoms with Gasteiger partial charge in [-0.15, -0.1) is 11.3 Å². The molecule has 2 amide bonds. The number of nitrogens with one attached hydrogen (secondary N) is 2. The second-order valence-corrected chi connectivity index (χ2v) is 10.6. The van der Waals surface area contributed by atoms with Gasteiger partial charge in [0.25, 0.3) is 11.8 Å². The van der Waals surface area contributed by atoms with E-state index >= 15 is 0 Å². The predicted molar refractivity (Wildman–Crippen MR) is 116 cm³/mol. The number of anilines is 1. The molecule has 0 bridgehead atoms. The Balaban J connectivity index is 1.66. The van der Waals surface area contributed by atoms with Gasteiger partial charge in [0.15, 0.2) is 0 Å². The highest BCUT2D eigenvalue weighted by molar-refractivity contribution is 7.17. The van der Waals surface area contributed by atoms with Crippen molar-refractivity contribution in [1.29, 1.82) is 0 Å². The molecule has 2 aromatic rings. The van der Waals surface area contributed by atoms with Gasteiger partial charge in [-0.1, -0.05) is 20.8 Å². The van der Waals surface area contributed by atoms with Crippen molar-refractivity contribution in [3.8, 4) is 0 Å². The topological polar surface area (TPSA) is 71.3 Å². The van der Waals surface area contributed by atoms with E-state index in [1.54, 1.807) is 24.3 Å². The average Bonchev–Trinajstić information content (AvgIpc) is 3.26. The fraction of sp³-hybridized carbons (Fsp3) is 0.565. The minimum Gasteiger partial charge on any atom is -0.466 e. The predicted octanol–water partition coefficient (Wildman–Crippen LogP) is 5.25. The Hall–Kier alpha value is -2.08. The number of aryl methyl sites for hydroxylation is 2. The van der Waals surface area contributed by atoms with Crippen LogP contribution in [0.1, 0.15) is 82.7 Å². The number of rotatable bonds is 4. The third-order valence-corrected chi connectivity index (χ3v) is 7.31. The van der Waals surface area contributed by atoms with Crippen LogP contribution in [-0.4, -0.2) is 17.9 Å². The lowest BCUT2D eigenvalue weighted by Gasteiger charge is -2.33. The van der Waals surface area contributed by atoms with Crippen LogP contribution in [0, 0.1) is 25.2 Å². The molecule has 29 heavy (non-hydrogen) atoms. The molecule has 1 fully saturated rings. The van der Waals surface area contributed by atoms with Crippen molar-refractivity contribution in [3.05, 3.63) is 39.2 Å². The van der Waals surface area contributed by atoms with Crippen LogP contribution in [0.2, 0.25) is 0 Å². The third kappa shape index (κ3) is 4.13. The normalized spacial score (nSPS) is 19.0. The van der Waals surface area contributed by atoms with Crippen molar-refractivity contribution >= 4 is 28.2 Å². The summed E-state index contributed by atoms with van der Waals surface area (Å²) >= 11 is 1.57. The van der Waals surface area contributed by atoms with E-state index in [0.717, 1.165) is 37.7 Å². The van der Waals surface area contributed by atoms with Gasteiger partial charge >= 0.3 is 0 Å². The Morgan fingerprint density at radius 1 is 1.14 bits per heavy atom. The van der Waals surface area contributed by atoms with Crippen molar-refractivity contribution in [2.75, 3.05) is 5.32 Å². The maximum atomic E-state index is 13.0. The lowest BCUT2D eigenvalue weighted by atomic mass is 9.72. The Kier molecular flexibility index (Phi) is 5.09. The Labute approximate surface area is 176 Å². The Morgan fingerprint density at radius 2 is 1.86 bits per heavy atom. The summed E-state index contributed by atoms with van der Waals surface area (Å²) in [7, 11) is 0. The molecule has 0 unspecified atom stereocenters. The Bertz CT molecular complexity index is 960. The number of amides is 2. The van der Waals surface area contributed by atoms with E-state index in [1.807, 2.05) is 6.92 Å². The van der Waals surface area contributed by atoms with Gasteiger partial charge in [0.2, 0.25) is 0 Å². The van der Waals surface area contributed by atoms with Crippen LogP contribution in [0.3, 0.4) is 0 Å². The summed E-state index contributed by atoms with van der Waals surface area (Å²) in [6, 6.07) is 2.03. The molecular formula is C23H30N2O3S. The molecule has 6 heteroatoms. The highest BCUT2D eigenvalue weighted by Gasteiger charge is 2.35. The van der Waals surface area contributed by atoms with Crippen molar-refractivity contribution in [1.82, 2.24) is 5.32 Å². The van der Waals surface area contributed by atoms with Gasteiger partial charge in [0.1, 0.15) is 16.5 Å². The van der Waals surface area contributed by atoms with Crippen molar-refractivity contribution in [2.45, 2.75) is 72.8 Å². The van der Waals surface area contributed by atoms with Gasteiger partial charge < -0.3 is 15.1 Å². The molecule has 0 saturated heterocycles. The van der Waals surface area contributed by atoms with Crippen molar-refractivity contribution in [3.63, 3.8) is 0 Å². The molecule has 0 spiro atoms. The summed E-state index contributed by atoms with van der Waals surface area (Å²) in [4.78, 5) is 27.2. The molecule has 1 atom stereocenters. The molecule has 1 saturated carbocycles. The maximum Gasteiger partial charge on any atom is 0.259 e. The molecule has 156 valence electrons. The first kappa shape index (κ1) is 20.2. The van der Waals surface area contributed by atoms with E-state index in [-0.39, 0.29) is 23.3 Å². The molecule has 2 heterocycles. The number of carbonyl (C=O) groups is 2. The maximum absolute atomic E-state index is 13.0. The van der Waals surface area contributed by atoms with Gasteiger partial charge in [-0.3, -0.25) is 9.59 Å². The van der Waals surface area contributed by atoms with Crippen LogP contribution < -0.4 is 10.6 Å². The average molecular weight is 415 g/mol. The zero-order chi connectivity index (χ0) is 20.9. The van der Waals surface area contributed by atoms with E-state index in [2.05, 4.69) is 31.4 Å². The van der Waals surface area contributed by atoms with Gasteiger partial charge in [-0.25, -0.2) is 0 Å². The third-order valence-electron chi connectivity index (χ3n) is 6.14. The van der Waals surface area contributed by atoms with Crippen LogP contribution in [-0.2, 0) is 12.8 Å². The van der Waals surface area contributed by atoms with E-state index in [4.69, 9.17) is 4.42 Å². The smallest absolute Gasteiger partial charge is 0.259 e. The van der Waals surface area contributed by atoms with Crippen LogP contribution in [0.25, 0.3) is 0 Å². The summed E-state index contributed by atoms with van der Waals surface area (Å²) in [5.74, 6) is 1.62. The molecule has 5 nitrogen and oxygen atoms in total. The second kappa shape index (κ2) is 7.31. The molecule has 0 aromatic carbocycles. The minimum absolute atomic E-state index is 0.0467. The van der Waals surface area contributed by atoms with Gasteiger partial charge in [0, 0.05) is 10.9 Å². The van der Waals surface area contributed by atoms with E-state index in [0.29, 0.717) is 33.6 Å². The first-order valence-corrected chi connectivity index (χ1v) is 11.3. The van der Waals surface area contributed by atoms with E-state index in [1.165, 1.54) is 4.88 Å². The number of hydrogen-bond acceptors (Lipinski definition) is 4. The minimum atomic E-state index is -0.217. The molecule has 2 aromatic heterocycles. The fourth-order valence-electron chi connectivity index (χ4n) is 4.17. The molecule has 2 aliphatic carbocycles. The van der Waals surface area contributed by atoms with E-state index in [9.17, 15) is 9.59 Å². The summed E-state index contributed by atoms with van der Waals surface area (Å²) in [6.45, 7) is 10.5. The number of thiophene rings is 1. The standard InChI is InChI=1S/C23H30N2O3S/c1-12-10-17(13(2)28-12)20(26)25-22-19(21(27)24-15-7-8-15)16-9-6-14(23(3,4)5)11-18(16)29-22/h10,14-15H,6-9,11H2,1-5H3,(H,24,27)(H,25,26)/t14-/m0/s1. The fourth-order valence-corrected chi connectivity index (χ4v) is 5.49. The van der Waals surface area contributed by atoms with Crippen LogP contribution in [0.5, 0.6) is 0 Å². The van der Waals surface area contributed by atoms with Crippen molar-refractivity contribution in [2.24, 2.45) is 11.3 Å². The summed E-state index contributed by atoms with van der Waals surface area (Å²) in [5, 5.41) is 6.81. The Morgan fingerprint density at radius 3 is 2.45 bits per heavy atom. The summed E-state index contributed by atoms with van der Waals surface area (Å²) in [6.07, 6.45) is 5.01. The molecule has 0 radical (unpaired) electrons.